The van der Waals surface area contributed by atoms with Gasteiger partial charge in [-0.05, 0) is 28.8 Å². The summed E-state index contributed by atoms with van der Waals surface area (Å²) < 4.78 is 0. The van der Waals surface area contributed by atoms with Crippen LogP contribution in [-0.4, -0.2) is 17.2 Å². The zero-order valence-corrected chi connectivity index (χ0v) is 14.5. The summed E-state index contributed by atoms with van der Waals surface area (Å²) in [5, 5.41) is 16.1. The second kappa shape index (κ2) is 6.30. The number of benzene rings is 3. The third kappa shape index (κ3) is 2.84. The fraction of sp³-hybridized carbons (Fsp3) is 0.182. The average molecular weight is 344 g/mol. The molecule has 4 nitrogen and oxygen atoms in total. The van der Waals surface area contributed by atoms with Crippen LogP contribution in [0.1, 0.15) is 24.5 Å². The maximum atomic E-state index is 12.4. The summed E-state index contributed by atoms with van der Waals surface area (Å²) in [7, 11) is 0. The van der Waals surface area contributed by atoms with Crippen LogP contribution < -0.4 is 5.43 Å². The second-order valence-corrected chi connectivity index (χ2v) is 6.99. The minimum Gasteiger partial charge on any atom is -0.507 e. The molecule has 3 aromatic rings. The zero-order chi connectivity index (χ0) is 18.1. The van der Waals surface area contributed by atoms with Crippen molar-refractivity contribution in [3.63, 3.8) is 0 Å². The van der Waals surface area contributed by atoms with Crippen LogP contribution in [0.25, 0.3) is 10.8 Å². The number of carbonyl (C=O) groups is 1. The number of amides is 1. The van der Waals surface area contributed by atoms with Crippen molar-refractivity contribution in [3.05, 3.63) is 77.9 Å². The van der Waals surface area contributed by atoms with Crippen LogP contribution in [-0.2, 0) is 10.2 Å². The molecule has 0 radical (unpaired) electrons. The van der Waals surface area contributed by atoms with Gasteiger partial charge in [-0.2, -0.15) is 5.10 Å². The minimum absolute atomic E-state index is 0.0804. The van der Waals surface area contributed by atoms with E-state index in [4.69, 9.17) is 0 Å². The van der Waals surface area contributed by atoms with Crippen LogP contribution in [0.2, 0.25) is 0 Å². The van der Waals surface area contributed by atoms with Crippen LogP contribution in [0.5, 0.6) is 5.75 Å². The molecule has 0 saturated heterocycles. The molecule has 1 saturated carbocycles. The van der Waals surface area contributed by atoms with Crippen molar-refractivity contribution in [1.82, 2.24) is 5.43 Å². The number of nitrogens with zero attached hydrogens (tertiary/aromatic N) is 1. The van der Waals surface area contributed by atoms with E-state index in [2.05, 4.69) is 29.6 Å². The van der Waals surface area contributed by atoms with Crippen molar-refractivity contribution in [3.8, 4) is 5.75 Å². The largest absolute Gasteiger partial charge is 0.507 e. The van der Waals surface area contributed by atoms with Crippen LogP contribution in [0, 0.1) is 5.92 Å². The first-order valence-electron chi connectivity index (χ1n) is 8.69. The Balaban J connectivity index is 1.49. The molecule has 130 valence electrons. The predicted octanol–water partition coefficient (Wildman–Crippen LogP) is 3.97. The van der Waals surface area contributed by atoms with Crippen molar-refractivity contribution in [2.75, 3.05) is 0 Å². The molecule has 1 fully saturated rings. The molecule has 1 aliphatic rings. The van der Waals surface area contributed by atoms with Crippen molar-refractivity contribution in [2.45, 2.75) is 18.8 Å². The summed E-state index contributed by atoms with van der Waals surface area (Å²) in [5.41, 5.74) is 4.29. The molecule has 0 spiro atoms. The molecular weight excluding hydrogens is 324 g/mol. The lowest BCUT2D eigenvalue weighted by molar-refractivity contribution is -0.122. The van der Waals surface area contributed by atoms with Crippen LogP contribution in [0.3, 0.4) is 0 Å². The standard InChI is InChI=1S/C22H20N2O2/c1-22(16-8-3-2-4-9-16)13-19(22)21(26)24-23-14-18-17-10-6-5-7-15(17)11-12-20(18)25/h2-12,14,19,25H,13H2,1H3,(H,24,26)/b23-14+/t19-,22+/m0/s1. The first kappa shape index (κ1) is 16.3. The molecule has 4 heteroatoms. The Labute approximate surface area is 152 Å². The highest BCUT2D eigenvalue weighted by atomic mass is 16.3. The molecular formula is C22H20N2O2. The van der Waals surface area contributed by atoms with Gasteiger partial charge in [0.15, 0.2) is 0 Å². The van der Waals surface area contributed by atoms with E-state index in [0.717, 1.165) is 17.2 Å². The minimum atomic E-state index is -0.123. The van der Waals surface area contributed by atoms with Crippen LogP contribution >= 0.6 is 0 Å². The van der Waals surface area contributed by atoms with Crippen molar-refractivity contribution >= 4 is 22.9 Å². The van der Waals surface area contributed by atoms with E-state index < -0.39 is 0 Å². The number of carbonyl (C=O) groups excluding carboxylic acids is 1. The highest BCUT2D eigenvalue weighted by Gasteiger charge is 2.55. The first-order chi connectivity index (χ1) is 12.6. The Morgan fingerprint density at radius 3 is 2.65 bits per heavy atom. The zero-order valence-electron chi connectivity index (χ0n) is 14.5. The van der Waals surface area contributed by atoms with Gasteiger partial charge in [-0.1, -0.05) is 67.6 Å². The van der Waals surface area contributed by atoms with Gasteiger partial charge in [0.2, 0.25) is 5.91 Å². The van der Waals surface area contributed by atoms with Crippen molar-refractivity contribution < 1.29 is 9.90 Å². The van der Waals surface area contributed by atoms with E-state index in [-0.39, 0.29) is 23.0 Å². The summed E-state index contributed by atoms with van der Waals surface area (Å²) >= 11 is 0. The third-order valence-corrected chi connectivity index (χ3v) is 5.30. The number of hydrogen-bond acceptors (Lipinski definition) is 3. The Hall–Kier alpha value is -3.14. The quantitative estimate of drug-likeness (QED) is 0.556. The van der Waals surface area contributed by atoms with E-state index in [0.29, 0.717) is 5.56 Å². The molecule has 4 rings (SSSR count). The van der Waals surface area contributed by atoms with Gasteiger partial charge < -0.3 is 5.11 Å². The van der Waals surface area contributed by atoms with E-state index in [1.165, 1.54) is 11.8 Å². The topological polar surface area (TPSA) is 61.7 Å². The fourth-order valence-corrected chi connectivity index (χ4v) is 3.54. The van der Waals surface area contributed by atoms with Gasteiger partial charge in [0.1, 0.15) is 5.75 Å². The van der Waals surface area contributed by atoms with Gasteiger partial charge in [-0.15, -0.1) is 0 Å². The average Bonchev–Trinajstić information content (AvgIpc) is 3.37. The summed E-state index contributed by atoms with van der Waals surface area (Å²) in [6.07, 6.45) is 2.33. The van der Waals surface area contributed by atoms with Crippen molar-refractivity contribution in [2.24, 2.45) is 11.0 Å². The molecule has 0 heterocycles. The number of hydrogen-bond donors (Lipinski definition) is 2. The Morgan fingerprint density at radius 2 is 1.85 bits per heavy atom. The number of fused-ring (bicyclic) bond motifs is 1. The maximum absolute atomic E-state index is 12.4. The lowest BCUT2D eigenvalue weighted by Crippen LogP contribution is -2.23. The van der Waals surface area contributed by atoms with Gasteiger partial charge in [-0.3, -0.25) is 4.79 Å². The SMILES string of the molecule is C[C@]1(c2ccccc2)C[C@H]1C(=O)N/N=C/c1c(O)ccc2ccccc12. The monoisotopic (exact) mass is 344 g/mol. The number of phenolic OH excluding ortho intramolecular Hbond substituents is 1. The Kier molecular flexibility index (Phi) is 3.96. The number of phenols is 1. The number of hydrazone groups is 1. The van der Waals surface area contributed by atoms with E-state index >= 15 is 0 Å². The summed E-state index contributed by atoms with van der Waals surface area (Å²) in [6.45, 7) is 2.10. The summed E-state index contributed by atoms with van der Waals surface area (Å²) in [4.78, 5) is 12.4. The molecule has 2 atom stereocenters. The molecule has 26 heavy (non-hydrogen) atoms. The smallest absolute Gasteiger partial charge is 0.244 e. The van der Waals surface area contributed by atoms with Gasteiger partial charge in [0.05, 0.1) is 12.1 Å². The van der Waals surface area contributed by atoms with Gasteiger partial charge >= 0.3 is 0 Å². The van der Waals surface area contributed by atoms with E-state index in [1.807, 2.05) is 48.5 Å². The first-order valence-corrected chi connectivity index (χ1v) is 8.69. The molecule has 0 aromatic heterocycles. The Bertz CT molecular complexity index is 997. The Morgan fingerprint density at radius 1 is 1.12 bits per heavy atom. The van der Waals surface area contributed by atoms with Crippen LogP contribution in [0.15, 0.2) is 71.8 Å². The molecule has 2 N–H and O–H groups in total. The lowest BCUT2D eigenvalue weighted by Gasteiger charge is -2.10. The summed E-state index contributed by atoms with van der Waals surface area (Å²) in [6, 6.07) is 21.3. The second-order valence-electron chi connectivity index (χ2n) is 6.99. The molecule has 0 aliphatic heterocycles. The van der Waals surface area contributed by atoms with Crippen molar-refractivity contribution in [1.29, 1.82) is 0 Å². The molecule has 0 unspecified atom stereocenters. The molecule has 1 aliphatic carbocycles. The molecule has 0 bridgehead atoms. The predicted molar refractivity (Wildman–Crippen MR) is 103 cm³/mol. The van der Waals surface area contributed by atoms with E-state index in [1.54, 1.807) is 6.07 Å². The normalized spacial score (nSPS) is 21.8. The summed E-state index contributed by atoms with van der Waals surface area (Å²) in [5.74, 6) is -0.0299. The number of rotatable bonds is 4. The highest BCUT2D eigenvalue weighted by molar-refractivity contribution is 6.02. The molecule has 1 amide bonds. The molecule has 3 aromatic carbocycles. The highest BCUT2D eigenvalue weighted by Crippen LogP contribution is 2.53. The third-order valence-electron chi connectivity index (χ3n) is 5.30. The number of nitrogens with one attached hydrogen (secondary N) is 1. The lowest BCUT2D eigenvalue weighted by atomic mass is 9.95. The van der Waals surface area contributed by atoms with Gasteiger partial charge in [0, 0.05) is 11.0 Å². The van der Waals surface area contributed by atoms with Gasteiger partial charge in [-0.25, -0.2) is 5.43 Å². The van der Waals surface area contributed by atoms with E-state index in [9.17, 15) is 9.90 Å². The van der Waals surface area contributed by atoms with Crippen LogP contribution in [0.4, 0.5) is 0 Å². The van der Waals surface area contributed by atoms with Gasteiger partial charge in [0.25, 0.3) is 0 Å². The fourth-order valence-electron chi connectivity index (χ4n) is 3.54. The number of aromatic hydroxyl groups is 1. The maximum Gasteiger partial charge on any atom is 0.244 e.